The van der Waals surface area contributed by atoms with Crippen molar-refractivity contribution < 1.29 is 13.2 Å². The summed E-state index contributed by atoms with van der Waals surface area (Å²) in [5.74, 6) is -0.120. The average molecular weight is 359 g/mol. The zero-order valence-electron chi connectivity index (χ0n) is 12.5. The molecule has 3 rings (SSSR count). The van der Waals surface area contributed by atoms with E-state index in [-0.39, 0.29) is 29.9 Å². The lowest BCUT2D eigenvalue weighted by molar-refractivity contribution is -0.116. The second kappa shape index (κ2) is 7.29. The standard InChI is InChI=1S/C14H18N4O3S.ClH/c19-14(16-10-11-3-5-15-6-4-11)12-2-1-7-18-8-9-22(20,21)17-13(12)18;/h1-3,7,15H,4-6,8-10H2,(H,16,19);1H. The summed E-state index contributed by atoms with van der Waals surface area (Å²) < 4.78 is 27.1. The Balaban J connectivity index is 0.00000192. The van der Waals surface area contributed by atoms with Crippen molar-refractivity contribution in [3.8, 4) is 0 Å². The molecular weight excluding hydrogens is 340 g/mol. The van der Waals surface area contributed by atoms with Crippen LogP contribution in [0.2, 0.25) is 0 Å². The first-order valence-electron chi connectivity index (χ1n) is 7.20. The molecule has 0 aromatic heterocycles. The fraction of sp³-hybridized carbons (Fsp3) is 0.429. The van der Waals surface area contributed by atoms with Crippen molar-refractivity contribution in [2.24, 2.45) is 4.40 Å². The summed E-state index contributed by atoms with van der Waals surface area (Å²) in [5.41, 5.74) is 1.47. The molecule has 23 heavy (non-hydrogen) atoms. The predicted octanol–water partition coefficient (Wildman–Crippen LogP) is -0.0583. The van der Waals surface area contributed by atoms with E-state index in [2.05, 4.69) is 21.1 Å². The molecule has 2 N–H and O–H groups in total. The fourth-order valence-electron chi connectivity index (χ4n) is 2.51. The highest BCUT2D eigenvalue weighted by molar-refractivity contribution is 7.90. The third kappa shape index (κ3) is 4.21. The van der Waals surface area contributed by atoms with Gasteiger partial charge in [-0.3, -0.25) is 4.79 Å². The quantitative estimate of drug-likeness (QED) is 0.690. The van der Waals surface area contributed by atoms with Crippen LogP contribution in [-0.2, 0) is 14.8 Å². The van der Waals surface area contributed by atoms with Gasteiger partial charge in [-0.1, -0.05) is 11.6 Å². The van der Waals surface area contributed by atoms with Gasteiger partial charge in [-0.2, -0.15) is 0 Å². The van der Waals surface area contributed by atoms with E-state index in [9.17, 15) is 13.2 Å². The average Bonchev–Trinajstić information content (AvgIpc) is 2.52. The SMILES string of the molecule is Cl.O=C(NCC1=CCNCC1)C1=CC=CN2CCS(=O)(=O)N=C12. The fourth-order valence-corrected chi connectivity index (χ4v) is 3.50. The maximum absolute atomic E-state index is 12.3. The number of fused-ring (bicyclic) bond motifs is 1. The molecule has 0 saturated carbocycles. The molecule has 0 unspecified atom stereocenters. The highest BCUT2D eigenvalue weighted by atomic mass is 35.5. The highest BCUT2D eigenvalue weighted by Crippen LogP contribution is 2.17. The maximum atomic E-state index is 12.3. The lowest BCUT2D eigenvalue weighted by Crippen LogP contribution is -2.42. The number of nitrogens with one attached hydrogen (secondary N) is 2. The van der Waals surface area contributed by atoms with Gasteiger partial charge in [-0.05, 0) is 25.1 Å². The van der Waals surface area contributed by atoms with Crippen LogP contribution in [-0.4, -0.2) is 57.0 Å². The summed E-state index contributed by atoms with van der Waals surface area (Å²) in [6.07, 6.45) is 8.03. The molecule has 1 amide bonds. The van der Waals surface area contributed by atoms with E-state index in [1.165, 1.54) is 5.57 Å². The Morgan fingerprint density at radius 2 is 2.26 bits per heavy atom. The first kappa shape index (κ1) is 17.7. The molecule has 3 aliphatic rings. The normalized spacial score (nSPS) is 22.1. The van der Waals surface area contributed by atoms with Crippen LogP contribution in [0.4, 0.5) is 0 Å². The second-order valence-electron chi connectivity index (χ2n) is 5.32. The maximum Gasteiger partial charge on any atom is 0.256 e. The third-order valence-corrected chi connectivity index (χ3v) is 4.89. The van der Waals surface area contributed by atoms with E-state index in [0.29, 0.717) is 18.7 Å². The molecule has 3 heterocycles. The number of rotatable bonds is 3. The Morgan fingerprint density at radius 1 is 1.43 bits per heavy atom. The Hall–Kier alpha value is -1.64. The van der Waals surface area contributed by atoms with Gasteiger partial charge in [0.05, 0.1) is 11.3 Å². The zero-order chi connectivity index (χ0) is 15.6. The number of amidine groups is 1. The van der Waals surface area contributed by atoms with Gasteiger partial charge >= 0.3 is 0 Å². The first-order chi connectivity index (χ1) is 10.6. The highest BCUT2D eigenvalue weighted by Gasteiger charge is 2.29. The second-order valence-corrected chi connectivity index (χ2v) is 7.07. The number of allylic oxidation sites excluding steroid dienone is 2. The van der Waals surface area contributed by atoms with Crippen LogP contribution in [0.5, 0.6) is 0 Å². The van der Waals surface area contributed by atoms with Crippen LogP contribution >= 0.6 is 12.4 Å². The number of sulfonamides is 1. The van der Waals surface area contributed by atoms with Gasteiger partial charge < -0.3 is 15.5 Å². The molecule has 0 aromatic rings. The number of halogens is 1. The topological polar surface area (TPSA) is 90.9 Å². The largest absolute Gasteiger partial charge is 0.348 e. The van der Waals surface area contributed by atoms with Crippen molar-refractivity contribution in [3.63, 3.8) is 0 Å². The van der Waals surface area contributed by atoms with Crippen molar-refractivity contribution in [1.29, 1.82) is 0 Å². The molecule has 0 bridgehead atoms. The van der Waals surface area contributed by atoms with Crippen LogP contribution in [0.3, 0.4) is 0 Å². The van der Waals surface area contributed by atoms with Gasteiger partial charge in [0.25, 0.3) is 15.9 Å². The lowest BCUT2D eigenvalue weighted by Gasteiger charge is -2.28. The summed E-state index contributed by atoms with van der Waals surface area (Å²) >= 11 is 0. The lowest BCUT2D eigenvalue weighted by atomic mass is 10.1. The van der Waals surface area contributed by atoms with Crippen molar-refractivity contribution in [3.05, 3.63) is 35.6 Å². The number of nitrogens with zero attached hydrogens (tertiary/aromatic N) is 2. The number of hydrogen-bond donors (Lipinski definition) is 2. The van der Waals surface area contributed by atoms with Crippen molar-refractivity contribution in [1.82, 2.24) is 15.5 Å². The van der Waals surface area contributed by atoms with Crippen molar-refractivity contribution >= 4 is 34.2 Å². The number of carbonyl (C=O) groups is 1. The number of amides is 1. The van der Waals surface area contributed by atoms with Crippen LogP contribution < -0.4 is 10.6 Å². The van der Waals surface area contributed by atoms with Crippen molar-refractivity contribution in [2.45, 2.75) is 6.42 Å². The van der Waals surface area contributed by atoms with Gasteiger partial charge in [0.2, 0.25) is 0 Å². The summed E-state index contributed by atoms with van der Waals surface area (Å²) in [6, 6.07) is 0. The van der Waals surface area contributed by atoms with E-state index < -0.39 is 10.0 Å². The van der Waals surface area contributed by atoms with Gasteiger partial charge in [-0.15, -0.1) is 16.8 Å². The van der Waals surface area contributed by atoms with E-state index in [0.717, 1.165) is 19.5 Å². The predicted molar refractivity (Wildman–Crippen MR) is 91.0 cm³/mol. The van der Waals surface area contributed by atoms with E-state index in [1.807, 2.05) is 0 Å². The summed E-state index contributed by atoms with van der Waals surface area (Å²) in [4.78, 5) is 14.0. The molecule has 7 nitrogen and oxygen atoms in total. The summed E-state index contributed by atoms with van der Waals surface area (Å²) in [7, 11) is -3.48. The third-order valence-electron chi connectivity index (χ3n) is 3.74. The number of hydrogen-bond acceptors (Lipinski definition) is 5. The number of carbonyl (C=O) groups excluding carboxylic acids is 1. The molecule has 0 saturated heterocycles. The van der Waals surface area contributed by atoms with E-state index in [4.69, 9.17) is 0 Å². The van der Waals surface area contributed by atoms with E-state index >= 15 is 0 Å². The Bertz CT molecular complexity index is 710. The minimum Gasteiger partial charge on any atom is -0.348 e. The molecule has 0 spiro atoms. The van der Waals surface area contributed by atoms with Crippen molar-refractivity contribution in [2.75, 3.05) is 31.9 Å². The minimum atomic E-state index is -3.48. The van der Waals surface area contributed by atoms with Gasteiger partial charge in [0.1, 0.15) is 0 Å². The molecule has 0 fully saturated rings. The van der Waals surface area contributed by atoms with Crippen LogP contribution in [0, 0.1) is 0 Å². The minimum absolute atomic E-state index is 0. The molecule has 0 atom stereocenters. The van der Waals surface area contributed by atoms with Crippen LogP contribution in [0.25, 0.3) is 0 Å². The Morgan fingerprint density at radius 3 is 3.00 bits per heavy atom. The summed E-state index contributed by atoms with van der Waals surface area (Å²) in [5, 5.41) is 6.05. The van der Waals surface area contributed by atoms with Crippen LogP contribution in [0.15, 0.2) is 40.0 Å². The Kier molecular flexibility index (Phi) is 5.61. The van der Waals surface area contributed by atoms with Gasteiger partial charge in [0.15, 0.2) is 5.84 Å². The zero-order valence-corrected chi connectivity index (χ0v) is 14.1. The molecule has 0 aromatic carbocycles. The molecule has 9 heteroatoms. The first-order valence-corrected chi connectivity index (χ1v) is 8.81. The molecule has 126 valence electrons. The van der Waals surface area contributed by atoms with Gasteiger partial charge in [-0.25, -0.2) is 8.42 Å². The van der Waals surface area contributed by atoms with Gasteiger partial charge in [0, 0.05) is 25.8 Å². The van der Waals surface area contributed by atoms with Crippen LogP contribution in [0.1, 0.15) is 6.42 Å². The Labute approximate surface area is 141 Å². The molecule has 0 aliphatic carbocycles. The molecule has 0 radical (unpaired) electrons. The molecule has 3 aliphatic heterocycles. The smallest absolute Gasteiger partial charge is 0.256 e. The monoisotopic (exact) mass is 358 g/mol. The van der Waals surface area contributed by atoms with E-state index in [1.54, 1.807) is 23.3 Å². The molecular formula is C14H19ClN4O3S. The summed E-state index contributed by atoms with van der Waals surface area (Å²) in [6.45, 7) is 2.52.